The summed E-state index contributed by atoms with van der Waals surface area (Å²) in [6.45, 7) is 11.2. The first-order valence-electron chi connectivity index (χ1n) is 22.7. The molecule has 3 aromatic rings. The fraction of sp³-hybridized carbons (Fsp3) is 0.560. The van der Waals surface area contributed by atoms with Crippen molar-refractivity contribution in [2.75, 3.05) is 187 Å². The third-order valence-electron chi connectivity index (χ3n) is 9.15. The van der Waals surface area contributed by atoms with Crippen LogP contribution in [0.15, 0.2) is 57.5 Å². The maximum atomic E-state index is 6.22. The Morgan fingerprint density at radius 1 is 0.294 bits per heavy atom. The van der Waals surface area contributed by atoms with Gasteiger partial charge < -0.3 is 75.8 Å². The quantitative estimate of drug-likeness (QED) is 0.0401. The highest BCUT2D eigenvalue weighted by Crippen LogP contribution is 2.33. The van der Waals surface area contributed by atoms with Gasteiger partial charge in [-0.1, -0.05) is 56.2 Å². The van der Waals surface area contributed by atoms with Crippen LogP contribution in [-0.2, 0) is 56.8 Å². The Hall–Kier alpha value is -3.18. The van der Waals surface area contributed by atoms with Crippen LogP contribution in [0.5, 0.6) is 23.0 Å². The maximum absolute atomic E-state index is 6.22. The summed E-state index contributed by atoms with van der Waals surface area (Å²) in [5.74, 6) is 2.63. The molecule has 0 unspecified atom stereocenters. The minimum absolute atomic E-state index is 0.341. The highest BCUT2D eigenvalue weighted by atomic mass is 79.9. The zero-order chi connectivity index (χ0) is 48.5. The fourth-order valence-corrected chi connectivity index (χ4v) is 6.63. The molecule has 0 N–H and O–H groups in total. The van der Waals surface area contributed by atoms with Gasteiger partial charge in [0, 0.05) is 60.6 Å². The predicted octanol–water partition coefficient (Wildman–Crippen LogP) is 7.79. The molecule has 68 heavy (non-hydrogen) atoms. The van der Waals surface area contributed by atoms with Crippen LogP contribution in [0, 0.1) is 0 Å². The van der Waals surface area contributed by atoms with E-state index in [2.05, 4.69) is 44.0 Å². The van der Waals surface area contributed by atoms with Crippen LogP contribution in [-0.4, -0.2) is 187 Å². The number of benzene rings is 3. The minimum atomic E-state index is 0.341. The fourth-order valence-electron chi connectivity index (χ4n) is 5.64. The summed E-state index contributed by atoms with van der Waals surface area (Å²) >= 11 is 7.60. The molecule has 0 spiro atoms. The molecule has 3 aromatic carbocycles. The molecule has 0 aliphatic carbocycles. The highest BCUT2D eigenvalue weighted by Gasteiger charge is 2.10. The predicted molar refractivity (Wildman–Crippen MR) is 269 cm³/mol. The Balaban J connectivity index is 1.67. The van der Waals surface area contributed by atoms with E-state index in [1.165, 1.54) is 0 Å². The maximum Gasteiger partial charge on any atom is 0.130 e. The van der Waals surface area contributed by atoms with Crippen molar-refractivity contribution in [2.24, 2.45) is 0 Å². The number of hydrogen-bond donors (Lipinski definition) is 0. The van der Waals surface area contributed by atoms with Gasteiger partial charge >= 0.3 is 0 Å². The van der Waals surface area contributed by atoms with Gasteiger partial charge in [-0.2, -0.15) is 0 Å². The molecule has 0 amide bonds. The first-order chi connectivity index (χ1) is 33.5. The normalized spacial score (nSPS) is 11.6. The van der Waals surface area contributed by atoms with E-state index in [0.717, 1.165) is 31.2 Å². The van der Waals surface area contributed by atoms with E-state index >= 15 is 0 Å². The number of hydrogen-bond acceptors (Lipinski definition) is 16. The standard InChI is InChI=1S/C50H72Br2O16/c1-53-13-17-57-21-25-61-29-33-65-45-11-9-41(49(39-45)67-35-31-63-27-23-59-19-15-55-3)5-7-43-37-48(52)44(38-47(43)51)8-6-42-10-12-46(66-34-30-62-26-22-58-18-14-54-2)40-50(42)68-36-32-64-28-24-60-20-16-56-4/h5-12,37-40H,13-36H2,1-4H3/b7-5+,8-6+. The molecule has 0 saturated carbocycles. The smallest absolute Gasteiger partial charge is 0.130 e. The molecule has 0 aliphatic heterocycles. The first kappa shape index (κ1) is 59.1. The molecule has 0 atom stereocenters. The van der Waals surface area contributed by atoms with Crippen LogP contribution in [0.25, 0.3) is 24.3 Å². The van der Waals surface area contributed by atoms with Crippen molar-refractivity contribution in [3.8, 4) is 23.0 Å². The van der Waals surface area contributed by atoms with E-state index in [1.807, 2.05) is 60.7 Å². The monoisotopic (exact) mass is 1090 g/mol. The van der Waals surface area contributed by atoms with Crippen molar-refractivity contribution >= 4 is 56.2 Å². The number of ether oxygens (including phenoxy) is 16. The zero-order valence-corrected chi connectivity index (χ0v) is 43.4. The second-order valence-corrected chi connectivity index (χ2v) is 15.9. The third-order valence-corrected chi connectivity index (χ3v) is 10.5. The summed E-state index contributed by atoms with van der Waals surface area (Å²) in [4.78, 5) is 0. The van der Waals surface area contributed by atoms with Crippen LogP contribution < -0.4 is 18.9 Å². The average Bonchev–Trinajstić information content (AvgIpc) is 3.34. The summed E-state index contributed by atoms with van der Waals surface area (Å²) < 4.78 is 90.8. The zero-order valence-electron chi connectivity index (χ0n) is 40.2. The molecule has 0 heterocycles. The Labute approximate surface area is 419 Å². The summed E-state index contributed by atoms with van der Waals surface area (Å²) in [5, 5.41) is 0. The van der Waals surface area contributed by atoms with Gasteiger partial charge in [-0.25, -0.2) is 0 Å². The molecule has 3 rings (SSSR count). The SMILES string of the molecule is COCCOCCOCCOc1ccc(/C=C/c2cc(Br)c(/C=C/c3ccc(OCCOCCOCCOC)cc3OCCOCCOCCOC)cc2Br)c(OCCOCCOCCOC)c1. The molecule has 16 nitrogen and oxygen atoms in total. The second kappa shape index (κ2) is 40.5. The molecular weight excluding hydrogens is 1020 g/mol. The average molecular weight is 1090 g/mol. The van der Waals surface area contributed by atoms with Crippen molar-refractivity contribution in [3.05, 3.63) is 79.7 Å². The lowest BCUT2D eigenvalue weighted by atomic mass is 10.1. The Morgan fingerprint density at radius 3 is 0.838 bits per heavy atom. The third kappa shape index (κ3) is 27.9. The summed E-state index contributed by atoms with van der Waals surface area (Å²) in [7, 11) is 6.57. The van der Waals surface area contributed by atoms with E-state index in [9.17, 15) is 0 Å². The molecule has 0 saturated heterocycles. The number of rotatable bonds is 44. The van der Waals surface area contributed by atoms with Crippen molar-refractivity contribution in [3.63, 3.8) is 0 Å². The van der Waals surface area contributed by atoms with Gasteiger partial charge in [-0.3, -0.25) is 0 Å². The lowest BCUT2D eigenvalue weighted by molar-refractivity contribution is 0.0174. The van der Waals surface area contributed by atoms with E-state index in [1.54, 1.807) is 28.4 Å². The second-order valence-electron chi connectivity index (χ2n) is 14.2. The lowest BCUT2D eigenvalue weighted by Gasteiger charge is -2.13. The molecular formula is C50H72Br2O16. The summed E-state index contributed by atoms with van der Waals surface area (Å²) in [6.07, 6.45) is 8.08. The Morgan fingerprint density at radius 2 is 0.544 bits per heavy atom. The van der Waals surface area contributed by atoms with Crippen molar-refractivity contribution in [1.82, 2.24) is 0 Å². The molecule has 0 radical (unpaired) electrons. The van der Waals surface area contributed by atoms with Gasteiger partial charge in [-0.15, -0.1) is 0 Å². The first-order valence-corrected chi connectivity index (χ1v) is 24.3. The lowest BCUT2D eigenvalue weighted by Crippen LogP contribution is -2.13. The minimum Gasteiger partial charge on any atom is -0.491 e. The van der Waals surface area contributed by atoms with Crippen molar-refractivity contribution < 1.29 is 75.8 Å². The molecule has 0 aromatic heterocycles. The summed E-state index contributed by atoms with van der Waals surface area (Å²) in [5.41, 5.74) is 3.65. The molecule has 382 valence electrons. The molecule has 0 fully saturated rings. The van der Waals surface area contributed by atoms with Crippen LogP contribution in [0.1, 0.15) is 22.3 Å². The van der Waals surface area contributed by atoms with Gasteiger partial charge in [-0.05, 0) is 47.5 Å². The van der Waals surface area contributed by atoms with Crippen LogP contribution >= 0.6 is 31.9 Å². The van der Waals surface area contributed by atoms with Crippen LogP contribution in [0.2, 0.25) is 0 Å². The molecule has 0 aliphatic rings. The van der Waals surface area contributed by atoms with Gasteiger partial charge in [0.1, 0.15) is 49.4 Å². The van der Waals surface area contributed by atoms with Gasteiger partial charge in [0.2, 0.25) is 0 Å². The molecule has 18 heteroatoms. The highest BCUT2D eigenvalue weighted by molar-refractivity contribution is 9.11. The number of halogens is 2. The summed E-state index contributed by atoms with van der Waals surface area (Å²) in [6, 6.07) is 15.6. The van der Waals surface area contributed by atoms with Gasteiger partial charge in [0.15, 0.2) is 0 Å². The topological polar surface area (TPSA) is 148 Å². The van der Waals surface area contributed by atoms with Crippen molar-refractivity contribution in [2.45, 2.75) is 0 Å². The van der Waals surface area contributed by atoms with E-state index in [4.69, 9.17) is 75.8 Å². The van der Waals surface area contributed by atoms with E-state index in [0.29, 0.717) is 182 Å². The Kier molecular flexibility index (Phi) is 35.3. The van der Waals surface area contributed by atoms with E-state index < -0.39 is 0 Å². The van der Waals surface area contributed by atoms with Crippen molar-refractivity contribution in [1.29, 1.82) is 0 Å². The largest absolute Gasteiger partial charge is 0.491 e. The van der Waals surface area contributed by atoms with Gasteiger partial charge in [0.25, 0.3) is 0 Å². The van der Waals surface area contributed by atoms with E-state index in [-0.39, 0.29) is 0 Å². The van der Waals surface area contributed by atoms with Crippen LogP contribution in [0.3, 0.4) is 0 Å². The van der Waals surface area contributed by atoms with Gasteiger partial charge in [0.05, 0.1) is 132 Å². The number of methoxy groups -OCH3 is 4. The van der Waals surface area contributed by atoms with Crippen LogP contribution in [0.4, 0.5) is 0 Å². The molecule has 0 bridgehead atoms. The Bertz CT molecular complexity index is 1650.